The normalized spacial score (nSPS) is 10.2. The van der Waals surface area contributed by atoms with Gasteiger partial charge in [-0.25, -0.2) is 0 Å². The molecule has 0 atom stereocenters. The molecule has 110 valence electrons. The van der Waals surface area contributed by atoms with Crippen LogP contribution >= 0.6 is 0 Å². The van der Waals surface area contributed by atoms with E-state index in [1.165, 1.54) is 0 Å². The predicted molar refractivity (Wildman–Crippen MR) is 85.6 cm³/mol. The average Bonchev–Trinajstić information content (AvgIpc) is 2.47. The lowest BCUT2D eigenvalue weighted by molar-refractivity contribution is -0.120. The zero-order valence-electron chi connectivity index (χ0n) is 12.4. The molecule has 0 bridgehead atoms. The highest BCUT2D eigenvalue weighted by atomic mass is 16.5. The van der Waals surface area contributed by atoms with Gasteiger partial charge in [0.05, 0.1) is 5.69 Å². The van der Waals surface area contributed by atoms with Crippen LogP contribution in [0, 0.1) is 6.92 Å². The van der Waals surface area contributed by atoms with Gasteiger partial charge in [-0.2, -0.15) is 0 Å². The van der Waals surface area contributed by atoms with Crippen LogP contribution in [0.15, 0.2) is 48.5 Å². The lowest BCUT2D eigenvalue weighted by Crippen LogP contribution is -2.34. The van der Waals surface area contributed by atoms with Gasteiger partial charge in [0, 0.05) is 12.2 Å². The van der Waals surface area contributed by atoms with Crippen molar-refractivity contribution in [2.24, 2.45) is 0 Å². The zero-order chi connectivity index (χ0) is 15.2. The molecule has 0 aliphatic heterocycles. The maximum atomic E-state index is 12.3. The molecule has 0 saturated heterocycles. The number of nitrogens with zero attached hydrogens (tertiary/aromatic N) is 1. The molecular weight excluding hydrogens is 264 g/mol. The summed E-state index contributed by atoms with van der Waals surface area (Å²) in [6.07, 6.45) is 0. The number of amides is 1. The van der Waals surface area contributed by atoms with Gasteiger partial charge >= 0.3 is 0 Å². The first-order valence-corrected chi connectivity index (χ1v) is 6.96. The molecule has 0 unspecified atom stereocenters. The van der Waals surface area contributed by atoms with Crippen molar-refractivity contribution in [3.8, 4) is 5.75 Å². The number of para-hydroxylation sites is 2. The monoisotopic (exact) mass is 284 g/mol. The number of nitrogen functional groups attached to an aromatic ring is 1. The largest absolute Gasteiger partial charge is 0.482 e. The van der Waals surface area contributed by atoms with E-state index in [1.54, 1.807) is 17.0 Å². The highest BCUT2D eigenvalue weighted by Gasteiger charge is 2.15. The summed E-state index contributed by atoms with van der Waals surface area (Å²) in [4.78, 5) is 14.0. The second kappa shape index (κ2) is 6.79. The lowest BCUT2D eigenvalue weighted by atomic mass is 10.2. The van der Waals surface area contributed by atoms with Crippen molar-refractivity contribution in [2.45, 2.75) is 13.8 Å². The molecule has 0 fully saturated rings. The molecule has 1 amide bonds. The summed E-state index contributed by atoms with van der Waals surface area (Å²) in [6, 6.07) is 15.0. The Bertz CT molecular complexity index is 626. The van der Waals surface area contributed by atoms with Crippen molar-refractivity contribution in [1.82, 2.24) is 0 Å². The standard InChI is InChI=1S/C17H20N2O2/c1-3-19(14-8-6-7-13(2)11-14)17(20)12-21-16-10-5-4-9-15(16)18/h4-11H,3,12,18H2,1-2H3. The smallest absolute Gasteiger partial charge is 0.264 e. The molecule has 2 N–H and O–H groups in total. The van der Waals surface area contributed by atoms with Gasteiger partial charge in [0.1, 0.15) is 5.75 Å². The Balaban J connectivity index is 2.06. The number of hydrogen-bond acceptors (Lipinski definition) is 3. The van der Waals surface area contributed by atoms with E-state index in [0.717, 1.165) is 11.3 Å². The van der Waals surface area contributed by atoms with Crippen molar-refractivity contribution in [3.05, 3.63) is 54.1 Å². The molecule has 4 nitrogen and oxygen atoms in total. The Morgan fingerprint density at radius 3 is 2.62 bits per heavy atom. The maximum Gasteiger partial charge on any atom is 0.264 e. The minimum atomic E-state index is -0.0913. The molecule has 0 heterocycles. The van der Waals surface area contributed by atoms with E-state index in [2.05, 4.69) is 0 Å². The maximum absolute atomic E-state index is 12.3. The minimum Gasteiger partial charge on any atom is -0.482 e. The van der Waals surface area contributed by atoms with Crippen LogP contribution in [-0.2, 0) is 4.79 Å². The van der Waals surface area contributed by atoms with E-state index >= 15 is 0 Å². The first-order valence-electron chi connectivity index (χ1n) is 6.96. The van der Waals surface area contributed by atoms with Crippen molar-refractivity contribution in [2.75, 3.05) is 23.8 Å². The van der Waals surface area contributed by atoms with Crippen LogP contribution in [0.4, 0.5) is 11.4 Å². The number of aryl methyl sites for hydroxylation is 1. The fraction of sp³-hybridized carbons (Fsp3) is 0.235. The quantitative estimate of drug-likeness (QED) is 0.859. The van der Waals surface area contributed by atoms with Crippen molar-refractivity contribution >= 4 is 17.3 Å². The highest BCUT2D eigenvalue weighted by molar-refractivity contribution is 5.94. The summed E-state index contributed by atoms with van der Waals surface area (Å²) < 4.78 is 5.52. The van der Waals surface area contributed by atoms with Gasteiger partial charge in [0.15, 0.2) is 6.61 Å². The number of nitrogens with two attached hydrogens (primary N) is 1. The van der Waals surface area contributed by atoms with E-state index in [-0.39, 0.29) is 12.5 Å². The van der Waals surface area contributed by atoms with Gasteiger partial charge in [-0.15, -0.1) is 0 Å². The Labute approximate surface area is 125 Å². The van der Waals surface area contributed by atoms with Crippen LogP contribution in [0.5, 0.6) is 5.75 Å². The first-order chi connectivity index (χ1) is 10.1. The molecule has 21 heavy (non-hydrogen) atoms. The second-order valence-electron chi connectivity index (χ2n) is 4.80. The number of likely N-dealkylation sites (N-methyl/N-ethyl adjacent to an activating group) is 1. The highest BCUT2D eigenvalue weighted by Crippen LogP contribution is 2.20. The Kier molecular flexibility index (Phi) is 4.82. The predicted octanol–water partition coefficient (Wildman–Crippen LogP) is 3.01. The Morgan fingerprint density at radius 2 is 1.95 bits per heavy atom. The minimum absolute atomic E-state index is 0.0318. The van der Waals surface area contributed by atoms with Crippen LogP contribution in [0.1, 0.15) is 12.5 Å². The molecule has 0 radical (unpaired) electrons. The van der Waals surface area contributed by atoms with Gasteiger partial charge in [0.2, 0.25) is 0 Å². The molecule has 0 aliphatic rings. The topological polar surface area (TPSA) is 55.6 Å². The van der Waals surface area contributed by atoms with E-state index in [0.29, 0.717) is 18.0 Å². The van der Waals surface area contributed by atoms with Crippen molar-refractivity contribution < 1.29 is 9.53 Å². The number of hydrogen-bond donors (Lipinski definition) is 1. The van der Waals surface area contributed by atoms with E-state index in [4.69, 9.17) is 10.5 Å². The lowest BCUT2D eigenvalue weighted by Gasteiger charge is -2.21. The summed E-state index contributed by atoms with van der Waals surface area (Å²) in [6.45, 7) is 4.51. The SMILES string of the molecule is CCN(C(=O)COc1ccccc1N)c1cccc(C)c1. The van der Waals surface area contributed by atoms with Crippen LogP contribution < -0.4 is 15.4 Å². The van der Waals surface area contributed by atoms with Gasteiger partial charge in [-0.3, -0.25) is 4.79 Å². The van der Waals surface area contributed by atoms with E-state index < -0.39 is 0 Å². The van der Waals surface area contributed by atoms with Crippen molar-refractivity contribution in [1.29, 1.82) is 0 Å². The van der Waals surface area contributed by atoms with Crippen LogP contribution in [-0.4, -0.2) is 19.1 Å². The van der Waals surface area contributed by atoms with Crippen LogP contribution in [0.2, 0.25) is 0 Å². The molecule has 0 aliphatic carbocycles. The first kappa shape index (κ1) is 14.9. The number of ether oxygens (including phenoxy) is 1. The molecule has 0 spiro atoms. The Morgan fingerprint density at radius 1 is 1.19 bits per heavy atom. The molecule has 2 rings (SSSR count). The molecule has 0 aromatic heterocycles. The van der Waals surface area contributed by atoms with Gasteiger partial charge in [0.25, 0.3) is 5.91 Å². The summed E-state index contributed by atoms with van der Waals surface area (Å²) in [5.41, 5.74) is 8.33. The van der Waals surface area contributed by atoms with Gasteiger partial charge < -0.3 is 15.4 Å². The van der Waals surface area contributed by atoms with Gasteiger partial charge in [-0.05, 0) is 43.7 Å². The summed E-state index contributed by atoms with van der Waals surface area (Å²) in [7, 11) is 0. The van der Waals surface area contributed by atoms with E-state index in [9.17, 15) is 4.79 Å². The number of benzene rings is 2. The third-order valence-electron chi connectivity index (χ3n) is 3.20. The number of anilines is 2. The summed E-state index contributed by atoms with van der Waals surface area (Å²) in [5.74, 6) is 0.442. The van der Waals surface area contributed by atoms with Crippen molar-refractivity contribution in [3.63, 3.8) is 0 Å². The molecule has 2 aromatic carbocycles. The van der Waals surface area contributed by atoms with Crippen LogP contribution in [0.3, 0.4) is 0 Å². The molecule has 4 heteroatoms. The summed E-state index contributed by atoms with van der Waals surface area (Å²) >= 11 is 0. The summed E-state index contributed by atoms with van der Waals surface area (Å²) in [5, 5.41) is 0. The number of rotatable bonds is 5. The second-order valence-corrected chi connectivity index (χ2v) is 4.80. The average molecular weight is 284 g/mol. The van der Waals surface area contributed by atoms with Crippen LogP contribution in [0.25, 0.3) is 0 Å². The molecule has 2 aromatic rings. The zero-order valence-corrected chi connectivity index (χ0v) is 12.4. The molecule has 0 saturated carbocycles. The third kappa shape index (κ3) is 3.75. The van der Waals surface area contributed by atoms with Gasteiger partial charge in [-0.1, -0.05) is 24.3 Å². The fourth-order valence-electron chi connectivity index (χ4n) is 2.13. The van der Waals surface area contributed by atoms with E-state index in [1.807, 2.05) is 50.2 Å². The number of carbonyl (C=O) groups excluding carboxylic acids is 1. The third-order valence-corrected chi connectivity index (χ3v) is 3.20. The Hall–Kier alpha value is -2.49. The fourth-order valence-corrected chi connectivity index (χ4v) is 2.13. The molecular formula is C17H20N2O2. The number of carbonyl (C=O) groups is 1.